The van der Waals surface area contributed by atoms with Gasteiger partial charge in [-0.05, 0) is 49.5 Å². The lowest BCUT2D eigenvalue weighted by molar-refractivity contribution is -0.176. The lowest BCUT2D eigenvalue weighted by Gasteiger charge is -2.39. The van der Waals surface area contributed by atoms with Crippen molar-refractivity contribution in [3.63, 3.8) is 0 Å². The number of hydrogen-bond donors (Lipinski definition) is 0. The first kappa shape index (κ1) is 24.1. The summed E-state index contributed by atoms with van der Waals surface area (Å²) in [6, 6.07) is 13.5. The summed E-state index contributed by atoms with van der Waals surface area (Å²) in [5.41, 5.74) is 0.382. The van der Waals surface area contributed by atoms with Crippen LogP contribution in [0.2, 0.25) is 0 Å². The van der Waals surface area contributed by atoms with E-state index < -0.39 is 23.6 Å². The van der Waals surface area contributed by atoms with Crippen molar-refractivity contribution >= 4 is 17.7 Å². The highest BCUT2D eigenvalue weighted by Gasteiger charge is 2.60. The van der Waals surface area contributed by atoms with Crippen LogP contribution in [-0.4, -0.2) is 55.5 Å². The zero-order valence-corrected chi connectivity index (χ0v) is 20.4. The van der Waals surface area contributed by atoms with E-state index in [0.29, 0.717) is 22.6 Å². The summed E-state index contributed by atoms with van der Waals surface area (Å²) in [7, 11) is 2.97. The molecule has 0 bridgehead atoms. The number of nitrogens with zero attached hydrogens (tertiary/aromatic N) is 1. The summed E-state index contributed by atoms with van der Waals surface area (Å²) in [5, 5.41) is 0. The van der Waals surface area contributed by atoms with Crippen molar-refractivity contribution in [3.05, 3.63) is 71.3 Å². The second-order valence-corrected chi connectivity index (χ2v) is 9.49. The van der Waals surface area contributed by atoms with Crippen LogP contribution in [0.4, 0.5) is 0 Å². The zero-order chi connectivity index (χ0) is 25.3. The summed E-state index contributed by atoms with van der Waals surface area (Å²) in [6.07, 6.45) is 2.90. The third-order valence-corrected chi connectivity index (χ3v) is 7.31. The highest BCUT2D eigenvalue weighted by Crippen LogP contribution is 2.51. The molecular weight excluding hydrogens is 462 g/mol. The number of Topliss-reactive ketones (excluding diaryl/α,β-unsaturated/α-hetero) is 1. The third kappa shape index (κ3) is 4.37. The van der Waals surface area contributed by atoms with E-state index in [4.69, 9.17) is 18.9 Å². The number of likely N-dealkylation sites (tertiary alicyclic amines) is 1. The Hall–Kier alpha value is -3.65. The van der Waals surface area contributed by atoms with E-state index in [2.05, 4.69) is 17.0 Å². The fraction of sp³-hybridized carbons (Fsp3) is 0.393. The number of ketones is 1. The number of methoxy groups -OCH3 is 2. The molecule has 2 aromatic rings. The highest BCUT2D eigenvalue weighted by molar-refractivity contribution is 6.10. The van der Waals surface area contributed by atoms with E-state index in [1.165, 1.54) is 19.8 Å². The van der Waals surface area contributed by atoms with Crippen LogP contribution >= 0.6 is 0 Å². The molecule has 188 valence electrons. The molecule has 2 heterocycles. The predicted molar refractivity (Wildman–Crippen MR) is 130 cm³/mol. The molecule has 1 fully saturated rings. The van der Waals surface area contributed by atoms with Crippen molar-refractivity contribution in [2.45, 2.75) is 37.5 Å². The topological polar surface area (TPSA) is 91.4 Å². The van der Waals surface area contributed by atoms with Gasteiger partial charge in [-0.25, -0.2) is 9.59 Å². The van der Waals surface area contributed by atoms with Crippen molar-refractivity contribution in [2.75, 3.05) is 27.3 Å². The Balaban J connectivity index is 1.43. The SMILES string of the molecule is COc1cc2c(cc1OC)C1OC(=O)/C=C\C(=O)OC1(CC1CCN(Cc3ccccc3)CC1)C2=O. The number of esters is 2. The molecule has 0 spiro atoms. The van der Waals surface area contributed by atoms with Crippen LogP contribution in [0.3, 0.4) is 0 Å². The standard InChI is InChI=1S/C28H29NO7/c1-33-22-14-20-21(15-23(22)34-2)27-28(26(20)32,36-25(31)9-8-24(30)35-27)16-18-10-12-29(13-11-18)17-19-6-4-3-5-7-19/h3-9,14-15,18,27H,10-13,16-17H2,1-2H3/b9-8-. The van der Waals surface area contributed by atoms with Crippen LogP contribution in [0, 0.1) is 5.92 Å². The minimum Gasteiger partial charge on any atom is -0.493 e. The van der Waals surface area contributed by atoms with Gasteiger partial charge in [0.1, 0.15) is 0 Å². The van der Waals surface area contributed by atoms with Gasteiger partial charge in [0.15, 0.2) is 17.6 Å². The molecule has 5 rings (SSSR count). The number of carbonyl (C=O) groups excluding carboxylic acids is 3. The molecule has 0 radical (unpaired) electrons. The van der Waals surface area contributed by atoms with Gasteiger partial charge in [-0.1, -0.05) is 30.3 Å². The largest absolute Gasteiger partial charge is 0.493 e. The third-order valence-electron chi connectivity index (χ3n) is 7.31. The predicted octanol–water partition coefficient (Wildman–Crippen LogP) is 3.64. The van der Waals surface area contributed by atoms with Crippen LogP contribution in [0.5, 0.6) is 11.5 Å². The molecule has 8 heteroatoms. The summed E-state index contributed by atoms with van der Waals surface area (Å²) < 4.78 is 22.4. The van der Waals surface area contributed by atoms with Crippen LogP contribution in [0.15, 0.2) is 54.6 Å². The maximum absolute atomic E-state index is 13.9. The van der Waals surface area contributed by atoms with E-state index in [9.17, 15) is 14.4 Å². The van der Waals surface area contributed by atoms with Gasteiger partial charge >= 0.3 is 11.9 Å². The van der Waals surface area contributed by atoms with Gasteiger partial charge in [-0.2, -0.15) is 0 Å². The quantitative estimate of drug-likeness (QED) is 0.566. The Kier molecular flexibility index (Phi) is 6.53. The van der Waals surface area contributed by atoms with Crippen molar-refractivity contribution in [2.24, 2.45) is 5.92 Å². The summed E-state index contributed by atoms with van der Waals surface area (Å²) >= 11 is 0. The second kappa shape index (κ2) is 9.78. The van der Waals surface area contributed by atoms with Gasteiger partial charge in [0.05, 0.1) is 14.2 Å². The maximum Gasteiger partial charge on any atom is 0.332 e. The monoisotopic (exact) mass is 491 g/mol. The molecule has 0 saturated carbocycles. The van der Waals surface area contributed by atoms with E-state index in [1.54, 1.807) is 12.1 Å². The Morgan fingerprint density at radius 3 is 2.31 bits per heavy atom. The van der Waals surface area contributed by atoms with Crippen LogP contribution in [0.1, 0.15) is 46.9 Å². The lowest BCUT2D eigenvalue weighted by Crippen LogP contribution is -2.48. The van der Waals surface area contributed by atoms with Gasteiger partial charge in [0, 0.05) is 36.2 Å². The number of fused-ring (bicyclic) bond motifs is 3. The van der Waals surface area contributed by atoms with Crippen LogP contribution in [0.25, 0.3) is 0 Å². The smallest absolute Gasteiger partial charge is 0.332 e. The molecule has 2 aromatic carbocycles. The van der Waals surface area contributed by atoms with Gasteiger partial charge < -0.3 is 18.9 Å². The minimum atomic E-state index is -1.64. The molecule has 36 heavy (non-hydrogen) atoms. The lowest BCUT2D eigenvalue weighted by atomic mass is 9.80. The molecule has 2 unspecified atom stereocenters. The summed E-state index contributed by atoms with van der Waals surface area (Å²) in [6.45, 7) is 2.58. The number of hydrogen-bond acceptors (Lipinski definition) is 8. The fourth-order valence-corrected chi connectivity index (χ4v) is 5.53. The van der Waals surface area contributed by atoms with Crippen LogP contribution < -0.4 is 9.47 Å². The van der Waals surface area contributed by atoms with E-state index in [0.717, 1.165) is 44.6 Å². The first-order valence-corrected chi connectivity index (χ1v) is 12.1. The van der Waals surface area contributed by atoms with E-state index in [-0.39, 0.29) is 18.1 Å². The molecule has 3 aliphatic rings. The maximum atomic E-state index is 13.9. The van der Waals surface area contributed by atoms with Gasteiger partial charge in [0.2, 0.25) is 11.4 Å². The molecule has 1 aliphatic carbocycles. The Bertz CT molecular complexity index is 1200. The van der Waals surface area contributed by atoms with Gasteiger partial charge in [0.25, 0.3) is 0 Å². The molecule has 8 nitrogen and oxygen atoms in total. The van der Waals surface area contributed by atoms with Crippen molar-refractivity contribution in [1.82, 2.24) is 4.90 Å². The Morgan fingerprint density at radius 2 is 1.61 bits per heavy atom. The van der Waals surface area contributed by atoms with Crippen molar-refractivity contribution in [1.29, 1.82) is 0 Å². The summed E-state index contributed by atoms with van der Waals surface area (Å²) in [4.78, 5) is 41.4. The first-order chi connectivity index (χ1) is 17.4. The van der Waals surface area contributed by atoms with Gasteiger partial charge in [-0.3, -0.25) is 9.69 Å². The van der Waals surface area contributed by atoms with Crippen molar-refractivity contribution < 1.29 is 33.3 Å². The van der Waals surface area contributed by atoms with Crippen LogP contribution in [-0.2, 0) is 25.6 Å². The van der Waals surface area contributed by atoms with Gasteiger partial charge in [-0.15, -0.1) is 0 Å². The molecule has 0 aromatic heterocycles. The number of rotatable bonds is 6. The average Bonchev–Trinajstić information content (AvgIpc) is 3.09. The second-order valence-electron chi connectivity index (χ2n) is 9.49. The van der Waals surface area contributed by atoms with E-state index in [1.807, 2.05) is 18.2 Å². The van der Waals surface area contributed by atoms with Crippen molar-refractivity contribution in [3.8, 4) is 11.5 Å². The first-order valence-electron chi connectivity index (χ1n) is 12.1. The zero-order valence-electron chi connectivity index (χ0n) is 20.4. The number of piperidine rings is 1. The molecule has 1 saturated heterocycles. The molecule has 2 atom stereocenters. The average molecular weight is 492 g/mol. The fourth-order valence-electron chi connectivity index (χ4n) is 5.53. The Morgan fingerprint density at radius 1 is 0.944 bits per heavy atom. The minimum absolute atomic E-state index is 0.108. The molecular formula is C28H29NO7. The number of ether oxygens (including phenoxy) is 4. The van der Waals surface area contributed by atoms with E-state index >= 15 is 0 Å². The number of carbonyl (C=O) groups is 3. The highest BCUT2D eigenvalue weighted by atomic mass is 16.6. The normalized spacial score (nSPS) is 25.2. The Labute approximate surface area is 209 Å². The molecule has 2 aliphatic heterocycles. The summed E-state index contributed by atoms with van der Waals surface area (Å²) in [5.74, 6) is -0.941. The molecule has 0 N–H and O–H groups in total. The molecule has 0 amide bonds. The number of benzene rings is 2.